The zero-order valence-electron chi connectivity index (χ0n) is 3.76. The summed E-state index contributed by atoms with van der Waals surface area (Å²) in [6.45, 7) is 3.76. The van der Waals surface area contributed by atoms with E-state index in [1.54, 1.807) is 0 Å². The van der Waals surface area contributed by atoms with Crippen LogP contribution in [0.4, 0.5) is 0 Å². The van der Waals surface area contributed by atoms with Crippen LogP contribution in [-0.4, -0.2) is -0.565 Å². The lowest BCUT2D eigenvalue weighted by Crippen LogP contribution is -1.95. The number of alkyl halides is 3. The molecule has 0 aromatic carbocycles. The van der Waals surface area contributed by atoms with Crippen LogP contribution >= 0.6 is 67.8 Å². The molecule has 0 aromatic heterocycles. The summed E-state index contributed by atoms with van der Waals surface area (Å²) in [5, 5.41) is 0. The molecule has 0 fully saturated rings. The van der Waals surface area contributed by atoms with Gasteiger partial charge in [-0.15, -0.1) is 0 Å². The molecule has 0 saturated carbocycles. The van der Waals surface area contributed by atoms with Gasteiger partial charge in [-0.1, -0.05) is 81.1 Å². The standard InChI is InChI=1S/C4H6I3/c1-2-3-4(5,6)7/h1-3H2. The van der Waals surface area contributed by atoms with Crippen LogP contribution in [-0.2, 0) is 0 Å². The van der Waals surface area contributed by atoms with Gasteiger partial charge in [-0.25, -0.2) is 0 Å². The van der Waals surface area contributed by atoms with Crippen molar-refractivity contribution in [3.05, 3.63) is 6.92 Å². The van der Waals surface area contributed by atoms with E-state index in [0.717, 1.165) is 6.42 Å². The molecule has 0 aliphatic carbocycles. The summed E-state index contributed by atoms with van der Waals surface area (Å²) >= 11 is 7.23. The van der Waals surface area contributed by atoms with Crippen molar-refractivity contribution < 1.29 is 0 Å². The quantitative estimate of drug-likeness (QED) is 0.460. The van der Waals surface area contributed by atoms with E-state index in [2.05, 4.69) is 74.7 Å². The van der Waals surface area contributed by atoms with Crippen molar-refractivity contribution in [2.45, 2.75) is 12.3 Å². The zero-order valence-corrected chi connectivity index (χ0v) is 10.2. The summed E-state index contributed by atoms with van der Waals surface area (Å²) in [7, 11) is 0. The molecule has 0 N–H and O–H groups in total. The Morgan fingerprint density at radius 2 is 1.71 bits per heavy atom. The third kappa shape index (κ3) is 8.19. The highest BCUT2D eigenvalue weighted by Gasteiger charge is 2.13. The maximum atomic E-state index is 3.76. The molecule has 0 unspecified atom stereocenters. The Balaban J connectivity index is 3.15. The molecular weight excluding hydrogens is 429 g/mol. The molecular formula is C4H6I3. The topological polar surface area (TPSA) is 0 Å². The molecule has 0 spiro atoms. The smallest absolute Gasteiger partial charge is 0.0554 e. The van der Waals surface area contributed by atoms with Crippen LogP contribution in [0.15, 0.2) is 0 Å². The van der Waals surface area contributed by atoms with Gasteiger partial charge in [0.1, 0.15) is -0.565 Å². The third-order valence-electron chi connectivity index (χ3n) is 0.460. The van der Waals surface area contributed by atoms with E-state index in [1.807, 2.05) is 0 Å². The van der Waals surface area contributed by atoms with Gasteiger partial charge in [-0.3, -0.25) is 0 Å². The summed E-state index contributed by atoms with van der Waals surface area (Å²) in [4.78, 5) is 0. The Morgan fingerprint density at radius 1 is 1.29 bits per heavy atom. The highest BCUT2D eigenvalue weighted by atomic mass is 127. The second-order valence-electron chi connectivity index (χ2n) is 1.22. The summed E-state index contributed by atoms with van der Waals surface area (Å²) < 4.78 is 0.398. The lowest BCUT2D eigenvalue weighted by Gasteiger charge is -2.07. The maximum Gasteiger partial charge on any atom is 0.124 e. The summed E-state index contributed by atoms with van der Waals surface area (Å²) in [6.07, 6.45) is 2.23. The minimum absolute atomic E-state index is 0.398. The van der Waals surface area contributed by atoms with Gasteiger partial charge in [0, 0.05) is 0 Å². The molecule has 0 aliphatic rings. The van der Waals surface area contributed by atoms with Crippen LogP contribution in [0, 0.1) is 6.92 Å². The third-order valence-corrected chi connectivity index (χ3v) is 2.08. The molecule has 0 bridgehead atoms. The van der Waals surface area contributed by atoms with Crippen molar-refractivity contribution in [3.8, 4) is 0 Å². The van der Waals surface area contributed by atoms with Crippen LogP contribution in [0.2, 0.25) is 0 Å². The van der Waals surface area contributed by atoms with Gasteiger partial charge in [0.05, 0.1) is 0 Å². The summed E-state index contributed by atoms with van der Waals surface area (Å²) in [6, 6.07) is 0. The average Bonchev–Trinajstić information content (AvgIpc) is 1.30. The predicted octanol–water partition coefficient (Wildman–Crippen LogP) is 3.56. The molecule has 0 aromatic rings. The fourth-order valence-corrected chi connectivity index (χ4v) is 1.34. The summed E-state index contributed by atoms with van der Waals surface area (Å²) in [5.74, 6) is 0. The van der Waals surface area contributed by atoms with E-state index in [0.29, 0.717) is -0.565 Å². The highest BCUT2D eigenvalue weighted by molar-refractivity contribution is 14.3. The molecule has 0 heterocycles. The Labute approximate surface area is 85.6 Å². The molecule has 43 valence electrons. The van der Waals surface area contributed by atoms with E-state index in [-0.39, 0.29) is 0 Å². The van der Waals surface area contributed by atoms with Crippen LogP contribution in [0.5, 0.6) is 0 Å². The normalized spacial score (nSPS) is 12.0. The van der Waals surface area contributed by atoms with E-state index in [9.17, 15) is 0 Å². The van der Waals surface area contributed by atoms with Crippen LogP contribution in [0.3, 0.4) is 0 Å². The molecule has 1 radical (unpaired) electrons. The van der Waals surface area contributed by atoms with Gasteiger partial charge in [-0.2, -0.15) is 0 Å². The van der Waals surface area contributed by atoms with Gasteiger partial charge in [-0.05, 0) is 6.42 Å². The first-order valence-corrected chi connectivity index (χ1v) is 5.16. The predicted molar refractivity (Wildman–Crippen MR) is 59.4 cm³/mol. The van der Waals surface area contributed by atoms with Crippen LogP contribution < -0.4 is 0 Å². The van der Waals surface area contributed by atoms with E-state index in [1.165, 1.54) is 6.42 Å². The molecule has 3 heteroatoms. The van der Waals surface area contributed by atoms with Gasteiger partial charge in [0.15, 0.2) is 0 Å². The molecule has 0 aliphatic heterocycles. The Morgan fingerprint density at radius 3 is 1.71 bits per heavy atom. The first-order chi connectivity index (χ1) is 3.06. The number of rotatable bonds is 2. The number of halogens is 3. The van der Waals surface area contributed by atoms with Gasteiger partial charge in [0.2, 0.25) is 0 Å². The Bertz CT molecular complexity index is 45.4. The second-order valence-corrected chi connectivity index (χ2v) is 12.9. The SMILES string of the molecule is [CH2]CCC(I)(I)I. The Kier molecular flexibility index (Phi) is 5.35. The minimum Gasteiger partial charge on any atom is -0.0554 e. The molecule has 0 amide bonds. The van der Waals surface area contributed by atoms with E-state index >= 15 is 0 Å². The van der Waals surface area contributed by atoms with Crippen molar-refractivity contribution in [1.82, 2.24) is 0 Å². The first-order valence-electron chi connectivity index (χ1n) is 1.92. The lowest BCUT2D eigenvalue weighted by molar-refractivity contribution is 0.956. The van der Waals surface area contributed by atoms with Gasteiger partial charge < -0.3 is 0 Å². The second kappa shape index (κ2) is 4.08. The van der Waals surface area contributed by atoms with Crippen LogP contribution in [0.25, 0.3) is 0 Å². The fourth-order valence-electron chi connectivity index (χ4n) is 0.200. The minimum atomic E-state index is 0.398. The number of hydrogen-bond acceptors (Lipinski definition) is 0. The largest absolute Gasteiger partial charge is 0.124 e. The van der Waals surface area contributed by atoms with Gasteiger partial charge >= 0.3 is 0 Å². The monoisotopic (exact) mass is 435 g/mol. The van der Waals surface area contributed by atoms with E-state index < -0.39 is 0 Å². The van der Waals surface area contributed by atoms with Crippen molar-refractivity contribution in [3.63, 3.8) is 0 Å². The number of hydrogen-bond donors (Lipinski definition) is 0. The van der Waals surface area contributed by atoms with Crippen molar-refractivity contribution in [1.29, 1.82) is 0 Å². The van der Waals surface area contributed by atoms with Crippen molar-refractivity contribution in [2.75, 3.05) is 0 Å². The molecule has 0 saturated heterocycles. The zero-order chi connectivity index (χ0) is 5.91. The maximum absolute atomic E-state index is 3.76. The highest BCUT2D eigenvalue weighted by Crippen LogP contribution is 2.39. The molecule has 7 heavy (non-hydrogen) atoms. The molecule has 0 nitrogen and oxygen atoms in total. The average molecular weight is 435 g/mol. The van der Waals surface area contributed by atoms with Gasteiger partial charge in [0.25, 0.3) is 0 Å². The molecule has 0 rings (SSSR count). The van der Waals surface area contributed by atoms with E-state index in [4.69, 9.17) is 0 Å². The fraction of sp³-hybridized carbons (Fsp3) is 0.750. The summed E-state index contributed by atoms with van der Waals surface area (Å²) in [5.41, 5.74) is 0. The van der Waals surface area contributed by atoms with Crippen molar-refractivity contribution >= 4 is 67.8 Å². The van der Waals surface area contributed by atoms with Crippen molar-refractivity contribution in [2.24, 2.45) is 0 Å². The Hall–Kier alpha value is 2.19. The molecule has 0 atom stereocenters. The lowest BCUT2D eigenvalue weighted by atomic mass is 10.4. The van der Waals surface area contributed by atoms with Crippen LogP contribution in [0.1, 0.15) is 12.8 Å². The first kappa shape index (κ1) is 9.19.